The molecule has 0 aromatic carbocycles. The molecular formula is C14H28O3. The zero-order valence-electron chi connectivity index (χ0n) is 12.2. The molecule has 0 saturated carbocycles. The highest BCUT2D eigenvalue weighted by Gasteiger charge is 2.44. The van der Waals surface area contributed by atoms with Crippen molar-refractivity contribution >= 4 is 5.97 Å². The van der Waals surface area contributed by atoms with Gasteiger partial charge in [-0.15, -0.1) is 0 Å². The van der Waals surface area contributed by atoms with Crippen LogP contribution < -0.4 is 0 Å². The van der Waals surface area contributed by atoms with Crippen molar-refractivity contribution in [3.05, 3.63) is 0 Å². The van der Waals surface area contributed by atoms with Gasteiger partial charge in [0.05, 0.1) is 18.1 Å². The Labute approximate surface area is 106 Å². The summed E-state index contributed by atoms with van der Waals surface area (Å²) in [6.07, 6.45) is 2.14. The molecule has 0 aliphatic heterocycles. The first-order valence-electron chi connectivity index (χ1n) is 6.65. The SMILES string of the molecule is CCC(C)(COC(=O)C(C)C)C(O)(CC)CC. The Morgan fingerprint density at radius 2 is 1.65 bits per heavy atom. The molecule has 3 heteroatoms. The molecule has 0 amide bonds. The van der Waals surface area contributed by atoms with Crippen LogP contribution in [0.25, 0.3) is 0 Å². The first-order chi connectivity index (χ1) is 7.76. The van der Waals surface area contributed by atoms with Crippen LogP contribution in [0.3, 0.4) is 0 Å². The monoisotopic (exact) mass is 244 g/mol. The van der Waals surface area contributed by atoms with E-state index in [-0.39, 0.29) is 17.3 Å². The molecule has 0 rings (SSSR count). The summed E-state index contributed by atoms with van der Waals surface area (Å²) in [5, 5.41) is 10.6. The molecule has 0 fully saturated rings. The van der Waals surface area contributed by atoms with E-state index < -0.39 is 5.60 Å². The maximum atomic E-state index is 11.5. The molecule has 1 unspecified atom stereocenters. The summed E-state index contributed by atoms with van der Waals surface area (Å²) < 4.78 is 5.31. The summed E-state index contributed by atoms with van der Waals surface area (Å²) in [6.45, 7) is 11.9. The molecule has 0 aliphatic carbocycles. The summed E-state index contributed by atoms with van der Waals surface area (Å²) in [6, 6.07) is 0. The second-order valence-corrected chi connectivity index (χ2v) is 5.42. The maximum Gasteiger partial charge on any atom is 0.308 e. The Balaban J connectivity index is 4.74. The van der Waals surface area contributed by atoms with E-state index in [1.165, 1.54) is 0 Å². The van der Waals surface area contributed by atoms with E-state index in [9.17, 15) is 9.90 Å². The highest BCUT2D eigenvalue weighted by atomic mass is 16.5. The second kappa shape index (κ2) is 6.39. The highest BCUT2D eigenvalue weighted by Crippen LogP contribution is 2.40. The molecule has 0 radical (unpaired) electrons. The molecule has 1 atom stereocenters. The molecule has 0 heterocycles. The summed E-state index contributed by atoms with van der Waals surface area (Å²) in [5.41, 5.74) is -1.14. The van der Waals surface area contributed by atoms with Gasteiger partial charge < -0.3 is 9.84 Å². The van der Waals surface area contributed by atoms with Crippen molar-refractivity contribution in [1.82, 2.24) is 0 Å². The van der Waals surface area contributed by atoms with Crippen LogP contribution >= 0.6 is 0 Å². The van der Waals surface area contributed by atoms with Crippen LogP contribution in [0.4, 0.5) is 0 Å². The molecule has 3 nitrogen and oxygen atoms in total. The molecule has 102 valence electrons. The third-order valence-corrected chi connectivity index (χ3v) is 4.08. The smallest absolute Gasteiger partial charge is 0.308 e. The van der Waals surface area contributed by atoms with Crippen LogP contribution in [-0.4, -0.2) is 23.3 Å². The second-order valence-electron chi connectivity index (χ2n) is 5.42. The minimum Gasteiger partial charge on any atom is -0.465 e. The minimum absolute atomic E-state index is 0.118. The van der Waals surface area contributed by atoms with Crippen molar-refractivity contribution in [2.75, 3.05) is 6.61 Å². The zero-order chi connectivity index (χ0) is 13.7. The van der Waals surface area contributed by atoms with Crippen LogP contribution in [0.2, 0.25) is 0 Å². The Morgan fingerprint density at radius 3 is 1.94 bits per heavy atom. The normalized spacial score (nSPS) is 15.8. The predicted molar refractivity (Wildman–Crippen MR) is 69.7 cm³/mol. The van der Waals surface area contributed by atoms with E-state index in [1.54, 1.807) is 0 Å². The Kier molecular flexibility index (Phi) is 6.17. The van der Waals surface area contributed by atoms with Gasteiger partial charge in [0.1, 0.15) is 0 Å². The lowest BCUT2D eigenvalue weighted by molar-refractivity contribution is -0.162. The minimum atomic E-state index is -0.765. The summed E-state index contributed by atoms with van der Waals surface area (Å²) in [5.74, 6) is -0.313. The van der Waals surface area contributed by atoms with Gasteiger partial charge in [-0.25, -0.2) is 0 Å². The van der Waals surface area contributed by atoms with Gasteiger partial charge in [-0.1, -0.05) is 41.5 Å². The van der Waals surface area contributed by atoms with Crippen molar-refractivity contribution < 1.29 is 14.6 Å². The van der Waals surface area contributed by atoms with E-state index >= 15 is 0 Å². The number of aliphatic hydroxyl groups is 1. The topological polar surface area (TPSA) is 46.5 Å². The van der Waals surface area contributed by atoms with Gasteiger partial charge in [0, 0.05) is 5.41 Å². The summed E-state index contributed by atoms with van der Waals surface area (Å²) in [7, 11) is 0. The largest absolute Gasteiger partial charge is 0.465 e. The lowest BCUT2D eigenvalue weighted by atomic mass is 9.69. The average molecular weight is 244 g/mol. The fourth-order valence-corrected chi connectivity index (χ4v) is 2.07. The van der Waals surface area contributed by atoms with Crippen molar-refractivity contribution in [2.24, 2.45) is 11.3 Å². The van der Waals surface area contributed by atoms with Gasteiger partial charge in [0.15, 0.2) is 0 Å². The van der Waals surface area contributed by atoms with Gasteiger partial charge >= 0.3 is 5.97 Å². The molecule has 0 saturated heterocycles. The molecule has 1 N–H and O–H groups in total. The van der Waals surface area contributed by atoms with Crippen molar-refractivity contribution in [3.63, 3.8) is 0 Å². The fraction of sp³-hybridized carbons (Fsp3) is 0.929. The summed E-state index contributed by atoms with van der Waals surface area (Å²) >= 11 is 0. The molecule has 0 spiro atoms. The van der Waals surface area contributed by atoms with Crippen LogP contribution in [0, 0.1) is 11.3 Å². The highest BCUT2D eigenvalue weighted by molar-refractivity contribution is 5.71. The number of carbonyl (C=O) groups is 1. The van der Waals surface area contributed by atoms with Crippen molar-refractivity contribution in [2.45, 2.75) is 66.4 Å². The van der Waals surface area contributed by atoms with Gasteiger partial charge in [-0.05, 0) is 19.3 Å². The van der Waals surface area contributed by atoms with Gasteiger partial charge in [-0.3, -0.25) is 4.79 Å². The average Bonchev–Trinajstić information content (AvgIpc) is 2.33. The Hall–Kier alpha value is -0.570. The van der Waals surface area contributed by atoms with Crippen LogP contribution in [0.1, 0.15) is 60.8 Å². The number of esters is 1. The lowest BCUT2D eigenvalue weighted by Gasteiger charge is -2.43. The predicted octanol–water partition coefficient (Wildman–Crippen LogP) is 3.15. The van der Waals surface area contributed by atoms with Gasteiger partial charge in [-0.2, -0.15) is 0 Å². The van der Waals surface area contributed by atoms with Gasteiger partial charge in [0.25, 0.3) is 0 Å². The van der Waals surface area contributed by atoms with Crippen LogP contribution in [0.15, 0.2) is 0 Å². The lowest BCUT2D eigenvalue weighted by Crippen LogP contribution is -2.48. The van der Waals surface area contributed by atoms with Crippen molar-refractivity contribution in [3.8, 4) is 0 Å². The quantitative estimate of drug-likeness (QED) is 0.700. The third kappa shape index (κ3) is 3.70. The molecule has 0 bridgehead atoms. The molecular weight excluding hydrogens is 216 g/mol. The molecule has 17 heavy (non-hydrogen) atoms. The zero-order valence-corrected chi connectivity index (χ0v) is 12.2. The standard InChI is InChI=1S/C14H28O3/c1-7-13(6,14(16,8-2)9-3)10-17-12(15)11(4)5/h11,16H,7-10H2,1-6H3. The number of hydrogen-bond donors (Lipinski definition) is 1. The maximum absolute atomic E-state index is 11.5. The number of rotatable bonds is 7. The van der Waals surface area contributed by atoms with Gasteiger partial charge in [0.2, 0.25) is 0 Å². The fourth-order valence-electron chi connectivity index (χ4n) is 2.07. The van der Waals surface area contributed by atoms with Crippen molar-refractivity contribution in [1.29, 1.82) is 0 Å². The number of ether oxygens (including phenoxy) is 1. The summed E-state index contributed by atoms with van der Waals surface area (Å²) in [4.78, 5) is 11.5. The van der Waals surface area contributed by atoms with Crippen LogP contribution in [0.5, 0.6) is 0 Å². The van der Waals surface area contributed by atoms with E-state index in [0.29, 0.717) is 19.4 Å². The third-order valence-electron chi connectivity index (χ3n) is 4.08. The Morgan fingerprint density at radius 1 is 1.18 bits per heavy atom. The van der Waals surface area contributed by atoms with E-state index in [4.69, 9.17) is 4.74 Å². The molecule has 0 aromatic rings. The first kappa shape index (κ1) is 16.4. The van der Waals surface area contributed by atoms with E-state index in [0.717, 1.165) is 6.42 Å². The van der Waals surface area contributed by atoms with E-state index in [1.807, 2.05) is 41.5 Å². The molecule has 0 aliphatic rings. The number of carbonyl (C=O) groups excluding carboxylic acids is 1. The first-order valence-corrected chi connectivity index (χ1v) is 6.65. The Bertz CT molecular complexity index is 244. The van der Waals surface area contributed by atoms with E-state index in [2.05, 4.69) is 0 Å². The van der Waals surface area contributed by atoms with Crippen LogP contribution in [-0.2, 0) is 9.53 Å². The molecule has 0 aromatic heterocycles. The number of hydrogen-bond acceptors (Lipinski definition) is 3.